The number of aliphatic hydroxyl groups is 1. The Hall–Kier alpha value is -0.770. The van der Waals surface area contributed by atoms with Crippen LogP contribution in [0.25, 0.3) is 0 Å². The summed E-state index contributed by atoms with van der Waals surface area (Å²) in [5, 5.41) is 13.0. The largest absolute Gasteiger partial charge is 0.444 e. The molecule has 3 unspecified atom stereocenters. The van der Waals surface area contributed by atoms with Gasteiger partial charge in [0.15, 0.2) is 0 Å². The summed E-state index contributed by atoms with van der Waals surface area (Å²) >= 11 is 0. The van der Waals surface area contributed by atoms with Crippen molar-refractivity contribution in [3.63, 3.8) is 0 Å². The molecule has 0 aromatic rings. The summed E-state index contributed by atoms with van der Waals surface area (Å²) in [5.41, 5.74) is -0.981. The van der Waals surface area contributed by atoms with Gasteiger partial charge in [0.05, 0.1) is 5.60 Å². The van der Waals surface area contributed by atoms with Crippen molar-refractivity contribution >= 4 is 6.09 Å². The Morgan fingerprint density at radius 1 is 1.50 bits per heavy atom. The molecule has 0 aromatic carbocycles. The van der Waals surface area contributed by atoms with Crippen LogP contribution in [0, 0.1) is 5.92 Å². The highest BCUT2D eigenvalue weighted by molar-refractivity contribution is 5.68. The molecule has 0 saturated heterocycles. The summed E-state index contributed by atoms with van der Waals surface area (Å²) in [7, 11) is 0. The maximum Gasteiger partial charge on any atom is 0.407 e. The molecule has 0 heterocycles. The van der Waals surface area contributed by atoms with Gasteiger partial charge in [-0.05, 0) is 65.7 Å². The first kappa shape index (κ1) is 17.3. The molecule has 4 heteroatoms. The third-order valence-electron chi connectivity index (χ3n) is 3.80. The van der Waals surface area contributed by atoms with Crippen LogP contribution in [0.5, 0.6) is 0 Å². The molecule has 0 aliphatic heterocycles. The number of amides is 1. The molecule has 3 atom stereocenters. The molecular weight excluding hydrogens is 254 g/mol. The van der Waals surface area contributed by atoms with Gasteiger partial charge in [-0.3, -0.25) is 0 Å². The fourth-order valence-corrected chi connectivity index (χ4v) is 3.02. The fraction of sp³-hybridized carbons (Fsp3) is 0.938. The lowest BCUT2D eigenvalue weighted by Crippen LogP contribution is -2.40. The van der Waals surface area contributed by atoms with Crippen LogP contribution in [0.1, 0.15) is 73.1 Å². The van der Waals surface area contributed by atoms with E-state index in [1.54, 1.807) is 0 Å². The molecule has 1 saturated carbocycles. The molecule has 0 aromatic heterocycles. The first-order valence-electron chi connectivity index (χ1n) is 7.83. The lowest BCUT2D eigenvalue weighted by molar-refractivity contribution is 0.0488. The van der Waals surface area contributed by atoms with Gasteiger partial charge in [-0.2, -0.15) is 0 Å². The van der Waals surface area contributed by atoms with E-state index >= 15 is 0 Å². The number of alkyl carbamates (subject to hydrolysis) is 1. The first-order chi connectivity index (χ1) is 9.11. The van der Waals surface area contributed by atoms with Crippen LogP contribution in [0.2, 0.25) is 0 Å². The van der Waals surface area contributed by atoms with Gasteiger partial charge in [0.2, 0.25) is 0 Å². The van der Waals surface area contributed by atoms with Crippen molar-refractivity contribution in [3.8, 4) is 0 Å². The van der Waals surface area contributed by atoms with Gasteiger partial charge in [-0.15, -0.1) is 0 Å². The SMILES string of the molecule is CCCC(CC1CCC(C)(O)C1)NC(=O)OC(C)(C)C. The predicted octanol–water partition coefficient (Wildman–Crippen LogP) is 3.62. The highest BCUT2D eigenvalue weighted by Crippen LogP contribution is 2.37. The van der Waals surface area contributed by atoms with E-state index in [0.717, 1.165) is 38.5 Å². The molecule has 0 spiro atoms. The average Bonchev–Trinajstić information content (AvgIpc) is 2.55. The molecule has 0 bridgehead atoms. The van der Waals surface area contributed by atoms with Crippen molar-refractivity contribution in [2.75, 3.05) is 0 Å². The summed E-state index contributed by atoms with van der Waals surface area (Å²) < 4.78 is 5.32. The highest BCUT2D eigenvalue weighted by atomic mass is 16.6. The molecule has 1 amide bonds. The smallest absolute Gasteiger partial charge is 0.407 e. The molecule has 1 aliphatic rings. The number of carbonyl (C=O) groups excluding carboxylic acids is 1. The molecule has 1 fully saturated rings. The Balaban J connectivity index is 2.46. The standard InChI is InChI=1S/C16H31NO3/c1-6-7-13(17-14(18)20-15(2,3)4)10-12-8-9-16(5,19)11-12/h12-13,19H,6-11H2,1-5H3,(H,17,18). The van der Waals surface area contributed by atoms with Crippen molar-refractivity contribution in [1.82, 2.24) is 5.32 Å². The first-order valence-corrected chi connectivity index (χ1v) is 7.83. The van der Waals surface area contributed by atoms with Gasteiger partial charge in [-0.25, -0.2) is 4.79 Å². The second kappa shape index (κ2) is 6.79. The normalized spacial score (nSPS) is 28.2. The Morgan fingerprint density at radius 2 is 2.15 bits per heavy atom. The molecule has 0 radical (unpaired) electrons. The van der Waals surface area contributed by atoms with Crippen molar-refractivity contribution in [2.24, 2.45) is 5.92 Å². The van der Waals surface area contributed by atoms with Gasteiger partial charge in [-0.1, -0.05) is 13.3 Å². The molecule has 1 aliphatic carbocycles. The summed E-state index contributed by atoms with van der Waals surface area (Å²) in [5.74, 6) is 0.497. The number of nitrogens with one attached hydrogen (secondary N) is 1. The van der Waals surface area contributed by atoms with Gasteiger partial charge in [0.25, 0.3) is 0 Å². The number of hydrogen-bond donors (Lipinski definition) is 2. The van der Waals surface area contributed by atoms with Gasteiger partial charge < -0.3 is 15.2 Å². The van der Waals surface area contributed by atoms with E-state index in [1.807, 2.05) is 27.7 Å². The molecular formula is C16H31NO3. The van der Waals surface area contributed by atoms with Crippen LogP contribution in [0.4, 0.5) is 4.79 Å². The molecule has 118 valence electrons. The Labute approximate surface area is 123 Å². The van der Waals surface area contributed by atoms with Gasteiger partial charge >= 0.3 is 6.09 Å². The second-order valence-electron chi connectivity index (χ2n) is 7.47. The minimum Gasteiger partial charge on any atom is -0.444 e. The van der Waals surface area contributed by atoms with E-state index in [1.165, 1.54) is 0 Å². The minimum absolute atomic E-state index is 0.147. The van der Waals surface area contributed by atoms with Crippen LogP contribution < -0.4 is 5.32 Å². The molecule has 1 rings (SSSR count). The summed E-state index contributed by atoms with van der Waals surface area (Å²) in [4.78, 5) is 11.9. The zero-order valence-electron chi connectivity index (χ0n) is 13.7. The van der Waals surface area contributed by atoms with Crippen LogP contribution in [-0.2, 0) is 4.74 Å². The summed E-state index contributed by atoms with van der Waals surface area (Å²) in [6.07, 6.45) is 5.33. The zero-order chi connectivity index (χ0) is 15.4. The number of rotatable bonds is 5. The van der Waals surface area contributed by atoms with E-state index in [-0.39, 0.29) is 12.1 Å². The summed E-state index contributed by atoms with van der Waals surface area (Å²) in [6.45, 7) is 9.64. The van der Waals surface area contributed by atoms with E-state index in [0.29, 0.717) is 5.92 Å². The van der Waals surface area contributed by atoms with E-state index in [9.17, 15) is 9.90 Å². The quantitative estimate of drug-likeness (QED) is 0.811. The monoisotopic (exact) mass is 285 g/mol. The molecule has 4 nitrogen and oxygen atoms in total. The zero-order valence-corrected chi connectivity index (χ0v) is 13.7. The summed E-state index contributed by atoms with van der Waals surface area (Å²) in [6, 6.07) is 0.147. The Bertz CT molecular complexity index is 320. The highest BCUT2D eigenvalue weighted by Gasteiger charge is 2.34. The number of ether oxygens (including phenoxy) is 1. The number of hydrogen-bond acceptors (Lipinski definition) is 3. The topological polar surface area (TPSA) is 58.6 Å². The predicted molar refractivity (Wildman–Crippen MR) is 80.6 cm³/mol. The lowest BCUT2D eigenvalue weighted by Gasteiger charge is -2.25. The minimum atomic E-state index is -0.520. The fourth-order valence-electron chi connectivity index (χ4n) is 3.02. The van der Waals surface area contributed by atoms with Crippen LogP contribution in [0.15, 0.2) is 0 Å². The van der Waals surface area contributed by atoms with Gasteiger partial charge in [0, 0.05) is 6.04 Å². The van der Waals surface area contributed by atoms with Crippen molar-refractivity contribution in [3.05, 3.63) is 0 Å². The Morgan fingerprint density at radius 3 is 2.60 bits per heavy atom. The third-order valence-corrected chi connectivity index (χ3v) is 3.80. The Kier molecular flexibility index (Phi) is 5.87. The van der Waals surface area contributed by atoms with Crippen molar-refractivity contribution in [1.29, 1.82) is 0 Å². The lowest BCUT2D eigenvalue weighted by atomic mass is 9.94. The van der Waals surface area contributed by atoms with Crippen LogP contribution >= 0.6 is 0 Å². The van der Waals surface area contributed by atoms with Crippen molar-refractivity contribution in [2.45, 2.75) is 90.4 Å². The maximum atomic E-state index is 11.9. The van der Waals surface area contributed by atoms with E-state index < -0.39 is 11.2 Å². The average molecular weight is 285 g/mol. The number of carbonyl (C=O) groups is 1. The van der Waals surface area contributed by atoms with Crippen LogP contribution in [0.3, 0.4) is 0 Å². The molecule has 20 heavy (non-hydrogen) atoms. The maximum absolute atomic E-state index is 11.9. The van der Waals surface area contributed by atoms with Crippen LogP contribution in [-0.4, -0.2) is 28.4 Å². The second-order valence-corrected chi connectivity index (χ2v) is 7.47. The van der Waals surface area contributed by atoms with Crippen molar-refractivity contribution < 1.29 is 14.6 Å². The molecule has 2 N–H and O–H groups in total. The van der Waals surface area contributed by atoms with E-state index in [4.69, 9.17) is 4.74 Å². The van der Waals surface area contributed by atoms with Gasteiger partial charge in [0.1, 0.15) is 5.60 Å². The third kappa shape index (κ3) is 6.60. The van der Waals surface area contributed by atoms with E-state index in [2.05, 4.69) is 12.2 Å².